The van der Waals surface area contributed by atoms with Crippen LogP contribution in [0.5, 0.6) is 0 Å². The Morgan fingerprint density at radius 3 is 2.68 bits per heavy atom. The molecule has 0 aliphatic heterocycles. The Balaban J connectivity index is 2.02. The molecule has 22 heavy (non-hydrogen) atoms. The van der Waals surface area contributed by atoms with Gasteiger partial charge in [0.2, 0.25) is 0 Å². The smallest absolute Gasteiger partial charge is 0.199 e. The highest BCUT2D eigenvalue weighted by Gasteiger charge is 2.23. The van der Waals surface area contributed by atoms with E-state index in [1.54, 1.807) is 25.1 Å². The maximum Gasteiger partial charge on any atom is 0.199 e. The maximum absolute atomic E-state index is 12.6. The normalized spacial score (nSPS) is 11.9. The summed E-state index contributed by atoms with van der Waals surface area (Å²) in [7, 11) is -3.54. The van der Waals surface area contributed by atoms with Crippen LogP contribution in [-0.4, -0.2) is 18.6 Å². The van der Waals surface area contributed by atoms with E-state index < -0.39 is 9.84 Å². The van der Waals surface area contributed by atoms with Gasteiger partial charge in [-0.25, -0.2) is 13.4 Å². The van der Waals surface area contributed by atoms with Crippen LogP contribution < -0.4 is 0 Å². The number of para-hydroxylation sites is 1. The Bertz CT molecular complexity index is 929. The Morgan fingerprint density at radius 1 is 1.14 bits per heavy atom. The Kier molecular flexibility index (Phi) is 3.70. The molecule has 0 aliphatic rings. The first-order valence-corrected chi connectivity index (χ1v) is 8.69. The van der Waals surface area contributed by atoms with E-state index in [-0.39, 0.29) is 10.8 Å². The van der Waals surface area contributed by atoms with Crippen molar-refractivity contribution in [3.8, 4) is 0 Å². The lowest BCUT2D eigenvalue weighted by molar-refractivity contribution is 0.382. The summed E-state index contributed by atoms with van der Waals surface area (Å²) >= 11 is 0. The summed E-state index contributed by atoms with van der Waals surface area (Å²) in [6.45, 7) is 3.66. The highest BCUT2D eigenvalue weighted by Crippen LogP contribution is 2.22. The van der Waals surface area contributed by atoms with Crippen LogP contribution in [0.4, 0.5) is 0 Å². The van der Waals surface area contributed by atoms with Gasteiger partial charge in [-0.05, 0) is 25.1 Å². The molecule has 3 aromatic rings. The van der Waals surface area contributed by atoms with Gasteiger partial charge in [-0.15, -0.1) is 0 Å². The van der Waals surface area contributed by atoms with Crippen LogP contribution in [0.25, 0.3) is 10.9 Å². The number of benzene rings is 1. The van der Waals surface area contributed by atoms with Crippen LogP contribution >= 0.6 is 0 Å². The molecule has 5 nitrogen and oxygen atoms in total. The SMILES string of the molecule is CCc1onc(C)c1CS(=O)(=O)c1ccc2ccccc2n1. The third-order valence-electron chi connectivity index (χ3n) is 3.61. The van der Waals surface area contributed by atoms with E-state index in [2.05, 4.69) is 10.1 Å². The summed E-state index contributed by atoms with van der Waals surface area (Å²) in [6, 6.07) is 10.8. The molecule has 0 unspecified atom stereocenters. The predicted octanol–water partition coefficient (Wildman–Crippen LogP) is 3.07. The molecule has 0 bridgehead atoms. The second kappa shape index (κ2) is 5.53. The quantitative estimate of drug-likeness (QED) is 0.739. The lowest BCUT2D eigenvalue weighted by atomic mass is 10.2. The van der Waals surface area contributed by atoms with Crippen molar-refractivity contribution in [1.29, 1.82) is 0 Å². The molecule has 2 aromatic heterocycles. The molecule has 0 saturated heterocycles. The van der Waals surface area contributed by atoms with Crippen LogP contribution in [0.1, 0.15) is 23.9 Å². The van der Waals surface area contributed by atoms with Crippen molar-refractivity contribution in [2.75, 3.05) is 0 Å². The minimum absolute atomic E-state index is 0.0776. The summed E-state index contributed by atoms with van der Waals surface area (Å²) in [5, 5.41) is 4.85. The van der Waals surface area contributed by atoms with Gasteiger partial charge in [0.15, 0.2) is 14.9 Å². The summed E-state index contributed by atoms with van der Waals surface area (Å²) in [5.74, 6) is 0.471. The summed E-state index contributed by atoms with van der Waals surface area (Å²) in [5.41, 5.74) is 1.92. The predicted molar refractivity (Wildman–Crippen MR) is 83.3 cm³/mol. The second-order valence-corrected chi connectivity index (χ2v) is 7.06. The van der Waals surface area contributed by atoms with Crippen molar-refractivity contribution in [3.63, 3.8) is 0 Å². The lowest BCUT2D eigenvalue weighted by Crippen LogP contribution is -2.08. The Hall–Kier alpha value is -2.21. The molecule has 0 spiro atoms. The number of aryl methyl sites for hydroxylation is 2. The molecule has 3 rings (SSSR count). The van der Waals surface area contributed by atoms with E-state index in [0.29, 0.717) is 29.0 Å². The molecule has 0 aliphatic carbocycles. The number of hydrogen-bond donors (Lipinski definition) is 0. The van der Waals surface area contributed by atoms with E-state index in [1.165, 1.54) is 0 Å². The van der Waals surface area contributed by atoms with Crippen molar-refractivity contribution >= 4 is 20.7 Å². The zero-order valence-corrected chi connectivity index (χ0v) is 13.2. The maximum atomic E-state index is 12.6. The average molecular weight is 316 g/mol. The number of fused-ring (bicyclic) bond motifs is 1. The standard InChI is InChI=1S/C16H16N2O3S/c1-3-15-13(11(2)18-21-15)10-22(19,20)16-9-8-12-6-4-5-7-14(12)17-16/h4-9H,3,10H2,1-2H3. The molecule has 6 heteroatoms. The van der Waals surface area contributed by atoms with Crippen LogP contribution in [0.3, 0.4) is 0 Å². The van der Waals surface area contributed by atoms with Gasteiger partial charge in [0.1, 0.15) is 5.76 Å². The van der Waals surface area contributed by atoms with Crippen molar-refractivity contribution in [3.05, 3.63) is 53.4 Å². The van der Waals surface area contributed by atoms with E-state index in [9.17, 15) is 8.42 Å². The van der Waals surface area contributed by atoms with Crippen LogP contribution in [-0.2, 0) is 22.0 Å². The third-order valence-corrected chi connectivity index (χ3v) is 5.15. The zero-order chi connectivity index (χ0) is 15.7. The van der Waals surface area contributed by atoms with Crippen LogP contribution in [0.15, 0.2) is 45.9 Å². The first kappa shape index (κ1) is 14.7. The average Bonchev–Trinajstić information content (AvgIpc) is 2.86. The molecule has 2 heterocycles. The van der Waals surface area contributed by atoms with Crippen molar-refractivity contribution < 1.29 is 12.9 Å². The van der Waals surface area contributed by atoms with Gasteiger partial charge in [-0.2, -0.15) is 0 Å². The number of pyridine rings is 1. The fraction of sp³-hybridized carbons (Fsp3) is 0.250. The first-order chi connectivity index (χ1) is 10.5. The molecule has 114 valence electrons. The number of sulfone groups is 1. The van der Waals surface area contributed by atoms with Gasteiger partial charge in [-0.3, -0.25) is 0 Å². The van der Waals surface area contributed by atoms with E-state index in [4.69, 9.17) is 4.52 Å². The van der Waals surface area contributed by atoms with Gasteiger partial charge in [0.25, 0.3) is 0 Å². The van der Waals surface area contributed by atoms with Crippen LogP contribution in [0.2, 0.25) is 0 Å². The fourth-order valence-electron chi connectivity index (χ4n) is 2.38. The van der Waals surface area contributed by atoms with Crippen molar-refractivity contribution in [2.24, 2.45) is 0 Å². The molecule has 0 amide bonds. The molecule has 0 radical (unpaired) electrons. The second-order valence-electron chi connectivity index (χ2n) is 5.12. The van der Waals surface area contributed by atoms with Crippen molar-refractivity contribution in [1.82, 2.24) is 10.1 Å². The fourth-order valence-corrected chi connectivity index (χ4v) is 3.79. The number of rotatable bonds is 4. The molecular weight excluding hydrogens is 300 g/mol. The Labute approximate surface area is 128 Å². The van der Waals surface area contributed by atoms with Gasteiger partial charge in [0.05, 0.1) is 17.0 Å². The molecular formula is C16H16N2O3S. The third kappa shape index (κ3) is 2.62. The molecule has 0 N–H and O–H groups in total. The lowest BCUT2D eigenvalue weighted by Gasteiger charge is -2.05. The number of nitrogens with zero attached hydrogens (tertiary/aromatic N) is 2. The monoisotopic (exact) mass is 316 g/mol. The van der Waals surface area contributed by atoms with Crippen molar-refractivity contribution in [2.45, 2.75) is 31.0 Å². The van der Waals surface area contributed by atoms with Gasteiger partial charge in [0, 0.05) is 17.4 Å². The molecule has 0 saturated carbocycles. The minimum atomic E-state index is -3.54. The van der Waals surface area contributed by atoms with E-state index >= 15 is 0 Å². The highest BCUT2D eigenvalue weighted by atomic mass is 32.2. The zero-order valence-electron chi connectivity index (χ0n) is 12.4. The van der Waals surface area contributed by atoms with Gasteiger partial charge in [-0.1, -0.05) is 30.3 Å². The molecule has 1 aromatic carbocycles. The Morgan fingerprint density at radius 2 is 1.91 bits per heavy atom. The van der Waals surface area contributed by atoms with Gasteiger partial charge >= 0.3 is 0 Å². The highest BCUT2D eigenvalue weighted by molar-refractivity contribution is 7.90. The summed E-state index contributed by atoms with van der Waals surface area (Å²) < 4.78 is 30.4. The number of hydrogen-bond acceptors (Lipinski definition) is 5. The van der Waals surface area contributed by atoms with E-state index in [0.717, 1.165) is 5.39 Å². The molecule has 0 fully saturated rings. The number of aromatic nitrogens is 2. The topological polar surface area (TPSA) is 73.1 Å². The largest absolute Gasteiger partial charge is 0.361 e. The summed E-state index contributed by atoms with van der Waals surface area (Å²) in [4.78, 5) is 4.27. The van der Waals surface area contributed by atoms with Gasteiger partial charge < -0.3 is 4.52 Å². The molecule has 0 atom stereocenters. The summed E-state index contributed by atoms with van der Waals surface area (Å²) in [6.07, 6.45) is 0.608. The van der Waals surface area contributed by atoms with E-state index in [1.807, 2.05) is 25.1 Å². The first-order valence-electron chi connectivity index (χ1n) is 7.04. The van der Waals surface area contributed by atoms with Crippen LogP contribution in [0, 0.1) is 6.92 Å². The minimum Gasteiger partial charge on any atom is -0.361 e.